The molecule has 0 aromatic heterocycles. The third-order valence-electron chi connectivity index (χ3n) is 3.22. The molecule has 1 aliphatic heterocycles. The van der Waals surface area contributed by atoms with Crippen LogP contribution in [-0.2, 0) is 4.79 Å². The lowest BCUT2D eigenvalue weighted by molar-refractivity contribution is -0.135. The molecule has 5 heteroatoms. The van der Waals surface area contributed by atoms with Crippen LogP contribution in [0.5, 0.6) is 0 Å². The van der Waals surface area contributed by atoms with Crippen molar-refractivity contribution in [3.8, 4) is 0 Å². The maximum atomic E-state index is 11.8. The van der Waals surface area contributed by atoms with Gasteiger partial charge in [0.1, 0.15) is 0 Å². The predicted octanol–water partition coefficient (Wildman–Crippen LogP) is 1.65. The van der Waals surface area contributed by atoms with Crippen molar-refractivity contribution in [2.75, 3.05) is 19.3 Å². The van der Waals surface area contributed by atoms with Gasteiger partial charge in [0.15, 0.2) is 0 Å². The molecule has 0 atom stereocenters. The summed E-state index contributed by atoms with van der Waals surface area (Å²) in [6, 6.07) is 0. The molecule has 1 heterocycles. The highest BCUT2D eigenvalue weighted by Gasteiger charge is 2.38. The molecule has 0 saturated carbocycles. The number of carbonyl (C=O) groups excluding carboxylic acids is 1. The molecule has 3 nitrogen and oxygen atoms in total. The van der Waals surface area contributed by atoms with E-state index in [2.05, 4.69) is 0 Å². The van der Waals surface area contributed by atoms with Crippen LogP contribution in [0.4, 0.5) is 0 Å². The Morgan fingerprint density at radius 3 is 2.25 bits per heavy atom. The van der Waals surface area contributed by atoms with Crippen molar-refractivity contribution in [2.45, 2.75) is 31.4 Å². The number of piperidine rings is 1. The van der Waals surface area contributed by atoms with Gasteiger partial charge in [-0.15, -0.1) is 0 Å². The molecular weight excluding hydrogens is 240 g/mol. The summed E-state index contributed by atoms with van der Waals surface area (Å²) in [5.41, 5.74) is 5.80. The number of rotatable bonds is 3. The highest BCUT2D eigenvalue weighted by Crippen LogP contribution is 2.35. The van der Waals surface area contributed by atoms with Gasteiger partial charge >= 0.3 is 0 Å². The minimum Gasteiger partial charge on any atom is -0.392 e. The highest BCUT2D eigenvalue weighted by atomic mass is 32.2. The van der Waals surface area contributed by atoms with E-state index in [0.29, 0.717) is 4.99 Å². The Labute approximate surface area is 107 Å². The van der Waals surface area contributed by atoms with Gasteiger partial charge < -0.3 is 10.6 Å². The normalized spacial score (nSPS) is 19.9. The van der Waals surface area contributed by atoms with Gasteiger partial charge in [-0.3, -0.25) is 4.79 Å². The van der Waals surface area contributed by atoms with Gasteiger partial charge in [0.2, 0.25) is 5.91 Å². The van der Waals surface area contributed by atoms with Crippen molar-refractivity contribution in [2.24, 2.45) is 11.7 Å². The van der Waals surface area contributed by atoms with Crippen molar-refractivity contribution in [1.82, 2.24) is 4.90 Å². The molecule has 2 N–H and O–H groups in total. The van der Waals surface area contributed by atoms with Crippen molar-refractivity contribution < 1.29 is 4.79 Å². The van der Waals surface area contributed by atoms with E-state index >= 15 is 0 Å². The van der Waals surface area contributed by atoms with Gasteiger partial charge in [-0.2, -0.15) is 11.8 Å². The average molecular weight is 260 g/mol. The van der Waals surface area contributed by atoms with Crippen LogP contribution in [0.15, 0.2) is 0 Å². The molecule has 1 amide bonds. The zero-order chi connectivity index (χ0) is 12.3. The maximum Gasteiger partial charge on any atom is 0.225 e. The fraction of sp³-hybridized carbons (Fsp3) is 0.818. The Morgan fingerprint density at radius 2 is 1.94 bits per heavy atom. The predicted molar refractivity (Wildman–Crippen MR) is 73.7 cm³/mol. The van der Waals surface area contributed by atoms with Gasteiger partial charge in [0.25, 0.3) is 0 Å². The highest BCUT2D eigenvalue weighted by molar-refractivity contribution is 8.02. The first-order valence-electron chi connectivity index (χ1n) is 5.57. The molecule has 0 aromatic rings. The van der Waals surface area contributed by atoms with E-state index in [9.17, 15) is 4.79 Å². The van der Waals surface area contributed by atoms with Crippen molar-refractivity contribution in [3.63, 3.8) is 0 Å². The lowest BCUT2D eigenvalue weighted by Crippen LogP contribution is -2.51. The lowest BCUT2D eigenvalue weighted by atomic mass is 9.95. The Morgan fingerprint density at radius 1 is 1.44 bits per heavy atom. The van der Waals surface area contributed by atoms with E-state index in [1.807, 2.05) is 25.0 Å². The van der Waals surface area contributed by atoms with E-state index < -0.39 is 0 Å². The molecule has 1 rings (SSSR count). The van der Waals surface area contributed by atoms with Crippen molar-refractivity contribution in [1.29, 1.82) is 0 Å². The smallest absolute Gasteiger partial charge is 0.225 e. The monoisotopic (exact) mass is 260 g/mol. The van der Waals surface area contributed by atoms with E-state index in [1.165, 1.54) is 0 Å². The largest absolute Gasteiger partial charge is 0.392 e. The number of hydrogen-bond acceptors (Lipinski definition) is 3. The molecule has 0 unspecified atom stereocenters. The van der Waals surface area contributed by atoms with Crippen LogP contribution < -0.4 is 5.73 Å². The minimum absolute atomic E-state index is 0.0756. The Kier molecular flexibility index (Phi) is 4.62. The van der Waals surface area contributed by atoms with Gasteiger partial charge in [0, 0.05) is 19.0 Å². The summed E-state index contributed by atoms with van der Waals surface area (Å²) >= 11 is 6.86. The molecule has 16 heavy (non-hydrogen) atoms. The number of nitrogens with two attached hydrogens (primary N) is 1. The van der Waals surface area contributed by atoms with Gasteiger partial charge in [0.05, 0.1) is 9.74 Å². The van der Waals surface area contributed by atoms with E-state index in [4.69, 9.17) is 18.0 Å². The fourth-order valence-electron chi connectivity index (χ4n) is 2.00. The van der Waals surface area contributed by atoms with Crippen molar-refractivity contribution in [3.05, 3.63) is 0 Å². The number of carbonyl (C=O) groups is 1. The summed E-state index contributed by atoms with van der Waals surface area (Å²) in [4.78, 5) is 14.3. The Bertz CT molecular complexity index is 284. The third-order valence-corrected chi connectivity index (χ3v) is 5.15. The van der Waals surface area contributed by atoms with Crippen LogP contribution in [0.25, 0.3) is 0 Å². The second kappa shape index (κ2) is 5.36. The van der Waals surface area contributed by atoms with Crippen LogP contribution in [0.3, 0.4) is 0 Å². The van der Waals surface area contributed by atoms with Crippen LogP contribution in [0.2, 0.25) is 0 Å². The molecule has 1 saturated heterocycles. The molecule has 0 radical (unpaired) electrons. The Balaban J connectivity index is 2.63. The van der Waals surface area contributed by atoms with Crippen LogP contribution in [0.1, 0.15) is 26.7 Å². The average Bonchev–Trinajstić information content (AvgIpc) is 2.27. The maximum absolute atomic E-state index is 11.8. The second-order valence-corrected chi connectivity index (χ2v) is 6.17. The molecular formula is C11H20N2OS2. The minimum atomic E-state index is -0.0942. The molecule has 92 valence electrons. The summed E-state index contributed by atoms with van der Waals surface area (Å²) < 4.78 is -0.0942. The summed E-state index contributed by atoms with van der Waals surface area (Å²) in [5, 5.41) is 0. The SMILES string of the molecule is CSC1(C(N)=S)CCN(C(=O)C(C)C)CC1. The first-order valence-corrected chi connectivity index (χ1v) is 7.20. The summed E-state index contributed by atoms with van der Waals surface area (Å²) in [7, 11) is 0. The number of hydrogen-bond donors (Lipinski definition) is 1. The second-order valence-electron chi connectivity index (χ2n) is 4.54. The fourth-order valence-corrected chi connectivity index (χ4v) is 3.25. The first-order chi connectivity index (χ1) is 7.43. The number of likely N-dealkylation sites (tertiary alicyclic amines) is 1. The van der Waals surface area contributed by atoms with Crippen LogP contribution in [0, 0.1) is 5.92 Å². The zero-order valence-electron chi connectivity index (χ0n) is 10.2. The molecule has 1 fully saturated rings. The number of thioether (sulfide) groups is 1. The van der Waals surface area contributed by atoms with Gasteiger partial charge in [-0.25, -0.2) is 0 Å². The van der Waals surface area contributed by atoms with E-state index in [0.717, 1.165) is 25.9 Å². The van der Waals surface area contributed by atoms with E-state index in [-0.39, 0.29) is 16.6 Å². The van der Waals surface area contributed by atoms with Crippen LogP contribution >= 0.6 is 24.0 Å². The number of nitrogens with zero attached hydrogens (tertiary/aromatic N) is 1. The molecule has 0 aromatic carbocycles. The number of thiocarbonyl (C=S) groups is 1. The number of amides is 1. The summed E-state index contributed by atoms with van der Waals surface area (Å²) in [6.45, 7) is 5.42. The Hall–Kier alpha value is -0.290. The van der Waals surface area contributed by atoms with Gasteiger partial charge in [-0.1, -0.05) is 26.1 Å². The van der Waals surface area contributed by atoms with E-state index in [1.54, 1.807) is 11.8 Å². The standard InChI is InChI=1S/C11H20N2OS2/c1-8(2)9(14)13-6-4-11(16-3,5-7-13)10(12)15/h8H,4-7H2,1-3H3,(H2,12,15). The quantitative estimate of drug-likeness (QED) is 0.784. The molecule has 0 aliphatic carbocycles. The molecule has 0 spiro atoms. The van der Waals surface area contributed by atoms with Crippen LogP contribution in [-0.4, -0.2) is 39.9 Å². The molecule has 0 bridgehead atoms. The summed E-state index contributed by atoms with van der Waals surface area (Å²) in [5.74, 6) is 0.309. The molecule has 1 aliphatic rings. The van der Waals surface area contributed by atoms with Crippen molar-refractivity contribution >= 4 is 34.9 Å². The summed E-state index contributed by atoms with van der Waals surface area (Å²) in [6.07, 6.45) is 3.79. The topological polar surface area (TPSA) is 46.3 Å². The first kappa shape index (κ1) is 13.8. The third kappa shape index (κ3) is 2.69. The zero-order valence-corrected chi connectivity index (χ0v) is 11.8. The van der Waals surface area contributed by atoms with Gasteiger partial charge in [-0.05, 0) is 19.1 Å². The lowest BCUT2D eigenvalue weighted by Gasteiger charge is -2.40.